The molecular weight excluding hydrogens is 238 g/mol. The zero-order chi connectivity index (χ0) is 13.2. The highest BCUT2D eigenvalue weighted by atomic mass is 16.5. The third-order valence-electron chi connectivity index (χ3n) is 4.37. The molecule has 106 valence electrons. The minimum atomic E-state index is 0.691. The van der Waals surface area contributed by atoms with Crippen LogP contribution in [-0.4, -0.2) is 31.2 Å². The van der Waals surface area contributed by atoms with Crippen LogP contribution in [0.2, 0.25) is 0 Å². The Morgan fingerprint density at radius 1 is 1.37 bits per heavy atom. The van der Waals surface area contributed by atoms with Gasteiger partial charge in [0.2, 0.25) is 0 Å². The predicted molar refractivity (Wildman–Crippen MR) is 75.2 cm³/mol. The van der Waals surface area contributed by atoms with Gasteiger partial charge in [-0.25, -0.2) is 0 Å². The van der Waals surface area contributed by atoms with Gasteiger partial charge in [-0.15, -0.1) is 0 Å². The maximum absolute atomic E-state index is 6.02. The van der Waals surface area contributed by atoms with E-state index < -0.39 is 0 Å². The van der Waals surface area contributed by atoms with Crippen LogP contribution in [0.4, 0.5) is 0 Å². The Balaban J connectivity index is 1.53. The molecule has 0 aromatic carbocycles. The summed E-state index contributed by atoms with van der Waals surface area (Å²) in [4.78, 5) is 2.55. The van der Waals surface area contributed by atoms with Gasteiger partial charge in [-0.05, 0) is 43.7 Å². The van der Waals surface area contributed by atoms with Crippen LogP contribution >= 0.6 is 0 Å². The fraction of sp³-hybridized carbons (Fsp3) is 0.750. The molecule has 2 unspecified atom stereocenters. The molecule has 1 heterocycles. The second kappa shape index (κ2) is 5.68. The predicted octanol–water partition coefficient (Wildman–Crippen LogP) is 3.40. The number of furan rings is 1. The molecular formula is C16H25NO2. The average molecular weight is 263 g/mol. The highest BCUT2D eigenvalue weighted by Gasteiger charge is 2.37. The van der Waals surface area contributed by atoms with Gasteiger partial charge in [-0.2, -0.15) is 0 Å². The molecule has 3 heteroatoms. The van der Waals surface area contributed by atoms with Crippen LogP contribution in [-0.2, 0) is 11.3 Å². The van der Waals surface area contributed by atoms with Crippen LogP contribution in [0, 0.1) is 5.92 Å². The summed E-state index contributed by atoms with van der Waals surface area (Å²) in [5.41, 5.74) is 0. The number of rotatable bonds is 8. The molecule has 0 aliphatic heterocycles. The van der Waals surface area contributed by atoms with Gasteiger partial charge >= 0.3 is 0 Å². The number of hydrogen-bond acceptors (Lipinski definition) is 3. The van der Waals surface area contributed by atoms with Gasteiger partial charge in [0.1, 0.15) is 11.5 Å². The zero-order valence-electron chi connectivity index (χ0n) is 12.1. The maximum atomic E-state index is 6.02. The molecule has 0 spiro atoms. The summed E-state index contributed by atoms with van der Waals surface area (Å²) in [5, 5.41) is 0. The van der Waals surface area contributed by atoms with Crippen molar-refractivity contribution < 1.29 is 9.15 Å². The third kappa shape index (κ3) is 3.40. The summed E-state index contributed by atoms with van der Waals surface area (Å²) in [7, 11) is 1.77. The Morgan fingerprint density at radius 2 is 2.16 bits per heavy atom. The van der Waals surface area contributed by atoms with Gasteiger partial charge in [0.05, 0.1) is 6.54 Å². The van der Waals surface area contributed by atoms with E-state index in [1.54, 1.807) is 7.11 Å². The summed E-state index contributed by atoms with van der Waals surface area (Å²) in [6.07, 6.45) is 5.10. The standard InChI is InChI=1S/C16H25NO2/c1-12-10-15(12)16-7-6-14(19-16)11-17(13-4-5-13)8-3-9-18-2/h6-7,12-13,15H,3-5,8-11H2,1-2H3. The Morgan fingerprint density at radius 3 is 2.79 bits per heavy atom. The number of ether oxygens (including phenoxy) is 1. The average Bonchev–Trinajstić information content (AvgIpc) is 3.31. The van der Waals surface area contributed by atoms with Crippen molar-refractivity contribution in [2.45, 2.75) is 51.1 Å². The zero-order valence-corrected chi connectivity index (χ0v) is 12.1. The van der Waals surface area contributed by atoms with E-state index in [1.807, 2.05) is 0 Å². The first-order chi connectivity index (χ1) is 9.28. The molecule has 0 bridgehead atoms. The molecule has 2 atom stereocenters. The largest absolute Gasteiger partial charge is 0.464 e. The van der Waals surface area contributed by atoms with Crippen molar-refractivity contribution in [1.29, 1.82) is 0 Å². The summed E-state index contributed by atoms with van der Waals surface area (Å²) in [5.74, 6) is 3.85. The first kappa shape index (κ1) is 13.2. The van der Waals surface area contributed by atoms with Crippen molar-refractivity contribution in [2.75, 3.05) is 20.3 Å². The third-order valence-corrected chi connectivity index (χ3v) is 4.37. The van der Waals surface area contributed by atoms with Gasteiger partial charge in [0.25, 0.3) is 0 Å². The summed E-state index contributed by atoms with van der Waals surface area (Å²) in [6.45, 7) is 5.24. The van der Waals surface area contributed by atoms with Crippen LogP contribution in [0.5, 0.6) is 0 Å². The molecule has 19 heavy (non-hydrogen) atoms. The molecule has 2 saturated carbocycles. The minimum Gasteiger partial charge on any atom is -0.464 e. The van der Waals surface area contributed by atoms with Crippen LogP contribution < -0.4 is 0 Å². The van der Waals surface area contributed by atoms with E-state index in [-0.39, 0.29) is 0 Å². The number of nitrogens with zero attached hydrogens (tertiary/aromatic N) is 1. The number of hydrogen-bond donors (Lipinski definition) is 0. The van der Waals surface area contributed by atoms with Crippen molar-refractivity contribution in [3.05, 3.63) is 23.7 Å². The van der Waals surface area contributed by atoms with E-state index in [9.17, 15) is 0 Å². The molecule has 3 nitrogen and oxygen atoms in total. The number of methoxy groups -OCH3 is 1. The topological polar surface area (TPSA) is 25.6 Å². The lowest BCUT2D eigenvalue weighted by molar-refractivity contribution is 0.161. The Bertz CT molecular complexity index is 411. The van der Waals surface area contributed by atoms with Crippen molar-refractivity contribution >= 4 is 0 Å². The van der Waals surface area contributed by atoms with Gasteiger partial charge in [0.15, 0.2) is 0 Å². The lowest BCUT2D eigenvalue weighted by atomic mass is 10.3. The molecule has 0 amide bonds. The van der Waals surface area contributed by atoms with Crippen LogP contribution in [0.1, 0.15) is 50.0 Å². The molecule has 0 N–H and O–H groups in total. The quantitative estimate of drug-likeness (QED) is 0.672. The molecule has 0 saturated heterocycles. The van der Waals surface area contributed by atoms with E-state index in [1.165, 1.54) is 25.0 Å². The SMILES string of the molecule is COCCCN(Cc1ccc(C2CC2C)o1)C1CC1. The van der Waals surface area contributed by atoms with Crippen LogP contribution in [0.15, 0.2) is 16.5 Å². The maximum Gasteiger partial charge on any atom is 0.118 e. The normalized spacial score (nSPS) is 26.1. The monoisotopic (exact) mass is 263 g/mol. The van der Waals surface area contributed by atoms with Gasteiger partial charge in [-0.3, -0.25) is 4.90 Å². The van der Waals surface area contributed by atoms with E-state index in [0.29, 0.717) is 5.92 Å². The molecule has 1 aromatic heterocycles. The molecule has 2 aliphatic rings. The molecule has 2 fully saturated rings. The van der Waals surface area contributed by atoms with Crippen LogP contribution in [0.3, 0.4) is 0 Å². The molecule has 2 aliphatic carbocycles. The van der Waals surface area contributed by atoms with Crippen molar-refractivity contribution in [2.24, 2.45) is 5.92 Å². The van der Waals surface area contributed by atoms with Gasteiger partial charge < -0.3 is 9.15 Å². The van der Waals surface area contributed by atoms with E-state index in [0.717, 1.165) is 43.8 Å². The van der Waals surface area contributed by atoms with Gasteiger partial charge in [0, 0.05) is 32.2 Å². The highest BCUT2D eigenvalue weighted by Crippen LogP contribution is 2.47. The second-order valence-corrected chi connectivity index (χ2v) is 6.17. The Labute approximate surface area is 115 Å². The fourth-order valence-electron chi connectivity index (χ4n) is 2.84. The van der Waals surface area contributed by atoms with Crippen molar-refractivity contribution in [1.82, 2.24) is 4.90 Å². The summed E-state index contributed by atoms with van der Waals surface area (Å²) in [6, 6.07) is 5.14. The highest BCUT2D eigenvalue weighted by molar-refractivity contribution is 5.17. The first-order valence-electron chi connectivity index (χ1n) is 7.59. The summed E-state index contributed by atoms with van der Waals surface area (Å²) >= 11 is 0. The Hall–Kier alpha value is -0.800. The smallest absolute Gasteiger partial charge is 0.118 e. The van der Waals surface area contributed by atoms with Crippen molar-refractivity contribution in [3.63, 3.8) is 0 Å². The second-order valence-electron chi connectivity index (χ2n) is 6.17. The molecule has 3 rings (SSSR count). The van der Waals surface area contributed by atoms with Crippen molar-refractivity contribution in [3.8, 4) is 0 Å². The Kier molecular flexibility index (Phi) is 3.94. The van der Waals surface area contributed by atoms with Crippen LogP contribution in [0.25, 0.3) is 0 Å². The van der Waals surface area contributed by atoms with E-state index in [2.05, 4.69) is 24.0 Å². The van der Waals surface area contributed by atoms with E-state index >= 15 is 0 Å². The molecule has 0 radical (unpaired) electrons. The summed E-state index contributed by atoms with van der Waals surface area (Å²) < 4.78 is 11.2. The lowest BCUT2D eigenvalue weighted by Crippen LogP contribution is -2.27. The van der Waals surface area contributed by atoms with E-state index in [4.69, 9.17) is 9.15 Å². The van der Waals surface area contributed by atoms with Gasteiger partial charge in [-0.1, -0.05) is 6.92 Å². The minimum absolute atomic E-state index is 0.691. The fourth-order valence-corrected chi connectivity index (χ4v) is 2.84. The molecule has 1 aromatic rings. The lowest BCUT2D eigenvalue weighted by Gasteiger charge is -2.20. The first-order valence-corrected chi connectivity index (χ1v) is 7.59.